The number of anilines is 1. The summed E-state index contributed by atoms with van der Waals surface area (Å²) < 4.78 is 0. The lowest BCUT2D eigenvalue weighted by Gasteiger charge is -2.31. The first kappa shape index (κ1) is 18.3. The predicted molar refractivity (Wildman–Crippen MR) is 122 cm³/mol. The minimum Gasteiger partial charge on any atom is -0.368 e. The maximum absolute atomic E-state index is 3.45. The zero-order chi connectivity index (χ0) is 19.0. The molecule has 3 aromatic carbocycles. The fraction of sp³-hybridized carbons (Fsp3) is 0.154. The molecule has 1 N–H and O–H groups in total. The Kier molecular flexibility index (Phi) is 6.01. The van der Waals surface area contributed by atoms with E-state index in [4.69, 9.17) is 0 Å². The fourth-order valence-electron chi connectivity index (χ4n) is 3.49. The molecule has 4 rings (SSSR count). The minimum absolute atomic E-state index is 1.03. The van der Waals surface area contributed by atoms with Gasteiger partial charge in [0.25, 0.3) is 0 Å². The first-order valence-corrected chi connectivity index (χ1v) is 9.94. The largest absolute Gasteiger partial charge is 0.368 e. The topological polar surface area (TPSA) is 15.3 Å². The summed E-state index contributed by atoms with van der Waals surface area (Å²) in [7, 11) is 0. The molecular formula is C26H26N2. The van der Waals surface area contributed by atoms with Gasteiger partial charge in [-0.25, -0.2) is 0 Å². The van der Waals surface area contributed by atoms with Gasteiger partial charge in [0.2, 0.25) is 0 Å². The highest BCUT2D eigenvalue weighted by Gasteiger charge is 2.13. The van der Waals surface area contributed by atoms with Crippen LogP contribution in [0.15, 0.2) is 78.9 Å². The molecule has 0 saturated carbocycles. The predicted octanol–water partition coefficient (Wildman–Crippen LogP) is 5.44. The van der Waals surface area contributed by atoms with E-state index >= 15 is 0 Å². The van der Waals surface area contributed by atoms with Gasteiger partial charge in [-0.1, -0.05) is 97.1 Å². The molecule has 1 heterocycles. The summed E-state index contributed by atoms with van der Waals surface area (Å²) >= 11 is 0. The van der Waals surface area contributed by atoms with Crippen LogP contribution in [0.2, 0.25) is 0 Å². The van der Waals surface area contributed by atoms with Crippen LogP contribution in [-0.4, -0.2) is 26.2 Å². The van der Waals surface area contributed by atoms with Crippen molar-refractivity contribution in [2.24, 2.45) is 0 Å². The first-order chi connectivity index (χ1) is 13.9. The van der Waals surface area contributed by atoms with Crippen LogP contribution in [0, 0.1) is 0 Å². The van der Waals surface area contributed by atoms with E-state index in [1.54, 1.807) is 0 Å². The third-order valence-electron chi connectivity index (χ3n) is 5.03. The fourth-order valence-corrected chi connectivity index (χ4v) is 3.49. The zero-order valence-corrected chi connectivity index (χ0v) is 16.1. The number of hydrogen-bond donors (Lipinski definition) is 1. The van der Waals surface area contributed by atoms with E-state index in [1.165, 1.54) is 27.9 Å². The molecule has 0 unspecified atom stereocenters. The van der Waals surface area contributed by atoms with Crippen LogP contribution < -0.4 is 10.2 Å². The number of hydrogen-bond acceptors (Lipinski definition) is 2. The highest BCUT2D eigenvalue weighted by molar-refractivity contribution is 5.80. The molecule has 140 valence electrons. The van der Waals surface area contributed by atoms with E-state index in [-0.39, 0.29) is 0 Å². The summed E-state index contributed by atoms with van der Waals surface area (Å²) in [4.78, 5) is 2.49. The lowest BCUT2D eigenvalue weighted by Crippen LogP contribution is -2.43. The molecule has 1 saturated heterocycles. The molecule has 0 aromatic heterocycles. The van der Waals surface area contributed by atoms with Crippen molar-refractivity contribution in [2.45, 2.75) is 0 Å². The second-order valence-corrected chi connectivity index (χ2v) is 7.04. The van der Waals surface area contributed by atoms with Crippen LogP contribution in [0.3, 0.4) is 0 Å². The Bertz CT molecular complexity index is 937. The van der Waals surface area contributed by atoms with Gasteiger partial charge in [0.05, 0.1) is 0 Å². The highest BCUT2D eigenvalue weighted by Crippen LogP contribution is 2.26. The molecule has 1 aliphatic rings. The standard InChI is InChI=1S/C26H26N2/c1-3-7-22(8-4-1)11-12-24-14-16-25(15-13-23-9-5-2-6-10-23)26(21-24)28-19-17-27-18-20-28/h1-16,21,27H,17-20H2. The van der Waals surface area contributed by atoms with Gasteiger partial charge in [-0.3, -0.25) is 0 Å². The summed E-state index contributed by atoms with van der Waals surface area (Å²) in [5, 5.41) is 3.45. The SMILES string of the molecule is C(=Cc1ccc(C=Cc2ccccc2)c(N2CCNCC2)c1)c1ccccc1. The normalized spacial score (nSPS) is 14.8. The molecule has 0 aliphatic carbocycles. The average Bonchev–Trinajstić information content (AvgIpc) is 2.78. The monoisotopic (exact) mass is 366 g/mol. The van der Waals surface area contributed by atoms with Gasteiger partial charge in [0.15, 0.2) is 0 Å². The molecule has 2 nitrogen and oxygen atoms in total. The van der Waals surface area contributed by atoms with Crippen molar-refractivity contribution in [2.75, 3.05) is 31.1 Å². The lowest BCUT2D eigenvalue weighted by molar-refractivity contribution is 0.589. The van der Waals surface area contributed by atoms with Gasteiger partial charge < -0.3 is 10.2 Å². The van der Waals surface area contributed by atoms with Crippen molar-refractivity contribution in [3.63, 3.8) is 0 Å². The maximum Gasteiger partial charge on any atom is 0.0446 e. The van der Waals surface area contributed by atoms with Gasteiger partial charge in [0.1, 0.15) is 0 Å². The van der Waals surface area contributed by atoms with Gasteiger partial charge in [-0.2, -0.15) is 0 Å². The molecule has 28 heavy (non-hydrogen) atoms. The van der Waals surface area contributed by atoms with Crippen LogP contribution in [0.5, 0.6) is 0 Å². The molecule has 0 radical (unpaired) electrons. The van der Waals surface area contributed by atoms with E-state index in [9.17, 15) is 0 Å². The van der Waals surface area contributed by atoms with Crippen LogP contribution in [0.4, 0.5) is 5.69 Å². The summed E-state index contributed by atoms with van der Waals surface area (Å²) in [6.07, 6.45) is 8.81. The number of piperazine rings is 1. The Morgan fingerprint density at radius 1 is 0.607 bits per heavy atom. The lowest BCUT2D eigenvalue weighted by atomic mass is 10.0. The third kappa shape index (κ3) is 4.79. The second kappa shape index (κ2) is 9.20. The van der Waals surface area contributed by atoms with Crippen molar-refractivity contribution in [3.05, 3.63) is 101 Å². The van der Waals surface area contributed by atoms with Crippen LogP contribution in [0.1, 0.15) is 22.3 Å². The van der Waals surface area contributed by atoms with E-state index in [0.717, 1.165) is 26.2 Å². The summed E-state index contributed by atoms with van der Waals surface area (Å²) in [6.45, 7) is 4.15. The van der Waals surface area contributed by atoms with Gasteiger partial charge in [-0.15, -0.1) is 0 Å². The quantitative estimate of drug-likeness (QED) is 0.605. The molecule has 1 fully saturated rings. The van der Waals surface area contributed by atoms with E-state index in [1.807, 2.05) is 6.07 Å². The van der Waals surface area contributed by atoms with Crippen molar-refractivity contribution >= 4 is 30.0 Å². The van der Waals surface area contributed by atoms with E-state index in [2.05, 4.69) is 107 Å². The van der Waals surface area contributed by atoms with Gasteiger partial charge in [0, 0.05) is 31.9 Å². The molecule has 0 atom stereocenters. The zero-order valence-electron chi connectivity index (χ0n) is 16.1. The van der Waals surface area contributed by atoms with E-state index < -0.39 is 0 Å². The summed E-state index contributed by atoms with van der Waals surface area (Å²) in [5.41, 5.74) is 6.25. The molecule has 2 heteroatoms. The Morgan fingerprint density at radius 3 is 1.82 bits per heavy atom. The number of nitrogens with zero attached hydrogens (tertiary/aromatic N) is 1. The molecule has 0 amide bonds. The number of benzene rings is 3. The van der Waals surface area contributed by atoms with Crippen molar-refractivity contribution in [1.29, 1.82) is 0 Å². The molecule has 3 aromatic rings. The second-order valence-electron chi connectivity index (χ2n) is 7.04. The third-order valence-corrected chi connectivity index (χ3v) is 5.03. The average molecular weight is 367 g/mol. The molecular weight excluding hydrogens is 340 g/mol. The Morgan fingerprint density at radius 2 is 1.18 bits per heavy atom. The Labute approximate surface area is 167 Å². The smallest absolute Gasteiger partial charge is 0.0446 e. The van der Waals surface area contributed by atoms with E-state index in [0.29, 0.717) is 0 Å². The molecule has 0 bridgehead atoms. The summed E-state index contributed by atoms with van der Waals surface area (Å²) in [6, 6.07) is 27.7. The molecule has 0 spiro atoms. The Hall–Kier alpha value is -3.10. The van der Waals surface area contributed by atoms with Crippen LogP contribution >= 0.6 is 0 Å². The van der Waals surface area contributed by atoms with Crippen molar-refractivity contribution < 1.29 is 0 Å². The molecule has 1 aliphatic heterocycles. The first-order valence-electron chi connectivity index (χ1n) is 9.94. The number of nitrogens with one attached hydrogen (secondary N) is 1. The van der Waals surface area contributed by atoms with Gasteiger partial charge in [-0.05, 0) is 28.3 Å². The van der Waals surface area contributed by atoms with Crippen molar-refractivity contribution in [3.8, 4) is 0 Å². The van der Waals surface area contributed by atoms with Crippen molar-refractivity contribution in [1.82, 2.24) is 5.32 Å². The Balaban J connectivity index is 1.63. The highest BCUT2D eigenvalue weighted by atomic mass is 15.2. The van der Waals surface area contributed by atoms with Gasteiger partial charge >= 0.3 is 0 Å². The van der Waals surface area contributed by atoms with Crippen LogP contribution in [0.25, 0.3) is 24.3 Å². The van der Waals surface area contributed by atoms with Crippen LogP contribution in [-0.2, 0) is 0 Å². The minimum atomic E-state index is 1.03. The summed E-state index contributed by atoms with van der Waals surface area (Å²) in [5.74, 6) is 0. The maximum atomic E-state index is 3.45. The number of rotatable bonds is 5.